The molecule has 320 valence electrons. The van der Waals surface area contributed by atoms with E-state index in [1.165, 1.54) is 45.3 Å². The van der Waals surface area contributed by atoms with E-state index in [0.29, 0.717) is 39.8 Å². The first-order valence-corrected chi connectivity index (χ1v) is 22.5. The maximum absolute atomic E-state index is 12.2. The molecule has 0 aliphatic heterocycles. The fourth-order valence-corrected chi connectivity index (χ4v) is 8.35. The Labute approximate surface area is 375 Å². The van der Waals surface area contributed by atoms with Crippen LogP contribution in [0.1, 0.15) is 69.8 Å². The highest BCUT2D eigenvalue weighted by Gasteiger charge is 2.11. The fraction of sp³-hybridized carbons (Fsp3) is 0.293. The van der Waals surface area contributed by atoms with E-state index in [4.69, 9.17) is 23.1 Å². The number of anilines is 4. The average Bonchev–Trinajstić information content (AvgIpc) is 4.06. The van der Waals surface area contributed by atoms with Gasteiger partial charge in [0.15, 0.2) is 0 Å². The first kappa shape index (κ1) is 48.1. The minimum atomic E-state index is -0.314. The number of amides is 2. The van der Waals surface area contributed by atoms with Gasteiger partial charge < -0.3 is 22.1 Å². The van der Waals surface area contributed by atoms with Gasteiger partial charge in [-0.15, -0.1) is 40.8 Å². The summed E-state index contributed by atoms with van der Waals surface area (Å²) < 4.78 is 0. The van der Waals surface area contributed by atoms with Gasteiger partial charge in [0, 0.05) is 32.1 Å². The second kappa shape index (κ2) is 26.6. The van der Waals surface area contributed by atoms with Crippen molar-refractivity contribution >= 4 is 94.5 Å². The van der Waals surface area contributed by atoms with Crippen LogP contribution in [-0.4, -0.2) is 57.8 Å². The minimum Gasteiger partial charge on any atom is -0.374 e. The lowest BCUT2D eigenvalue weighted by molar-refractivity contribution is -0.116. The zero-order valence-corrected chi connectivity index (χ0v) is 36.4. The lowest BCUT2D eigenvalue weighted by atomic mass is 10.1. The van der Waals surface area contributed by atoms with Gasteiger partial charge in [0.25, 0.3) is 0 Å². The van der Waals surface area contributed by atoms with Crippen molar-refractivity contribution < 1.29 is 14.4 Å². The molecule has 4 aromatic heterocycles. The van der Waals surface area contributed by atoms with Gasteiger partial charge in [0.2, 0.25) is 37.6 Å². The Balaban J connectivity index is 0.000000249. The number of nitrogens with one attached hydrogen (secondary N) is 2. The number of carbonyl (C=O) groups excluding carboxylic acids is 3. The second-order valence-corrected chi connectivity index (χ2v) is 17.7. The standard InChI is InChI=1S/C24H24N6O2S2.C8H7ClO.C8H12N6S2.CH4/c31-19(15-17-9-3-1-4-10-17)25-23-29-27-21(33-23)13-7-8-14-22-28-30-24(34-22)26-20(32)16-18-11-5-2-6-12-18;9-8(10)6-7-4-2-1-3-5-7;9-7-13-11-5(15-7)3-1-2-4-6-12-14-8(10)16-6;/h1-6,9-12H,7-8,13-16H2,(H,25,29,31)(H,26,30,32);1-5H,6H2;1-4H2,(H2,9,13)(H2,10,14);1H4. The Morgan fingerprint density at radius 3 is 1.08 bits per heavy atom. The largest absolute Gasteiger partial charge is 0.374 e. The van der Waals surface area contributed by atoms with Crippen LogP contribution in [0.5, 0.6) is 0 Å². The number of nitrogens with two attached hydrogens (primary N) is 2. The second-order valence-electron chi connectivity index (χ2n) is 12.9. The molecule has 61 heavy (non-hydrogen) atoms. The summed E-state index contributed by atoms with van der Waals surface area (Å²) >= 11 is 10.9. The number of nitrogen functional groups attached to an aromatic ring is 2. The van der Waals surface area contributed by atoms with Crippen molar-refractivity contribution in [1.82, 2.24) is 40.8 Å². The predicted octanol–water partition coefficient (Wildman–Crippen LogP) is 8.07. The van der Waals surface area contributed by atoms with Crippen LogP contribution in [0, 0.1) is 0 Å². The Morgan fingerprint density at radius 1 is 0.459 bits per heavy atom. The molecule has 0 saturated heterocycles. The molecular formula is C41H47ClN12O3S4. The summed E-state index contributed by atoms with van der Waals surface area (Å²) in [6.07, 6.45) is 8.29. The van der Waals surface area contributed by atoms with Crippen LogP contribution in [-0.2, 0) is 59.3 Å². The number of unbranched alkanes of at least 4 members (excludes halogenated alkanes) is 2. The van der Waals surface area contributed by atoms with Crippen LogP contribution < -0.4 is 22.1 Å². The number of hydrogen-bond acceptors (Lipinski definition) is 17. The van der Waals surface area contributed by atoms with E-state index in [2.05, 4.69) is 51.4 Å². The van der Waals surface area contributed by atoms with E-state index in [1.807, 2.05) is 91.0 Å². The van der Waals surface area contributed by atoms with Crippen LogP contribution in [0.4, 0.5) is 20.5 Å². The van der Waals surface area contributed by atoms with Gasteiger partial charge in [-0.25, -0.2) is 0 Å². The Kier molecular flexibility index (Phi) is 20.9. The Hall–Kier alpha value is -5.60. The van der Waals surface area contributed by atoms with Crippen molar-refractivity contribution in [2.45, 2.75) is 78.1 Å². The van der Waals surface area contributed by atoms with E-state index in [0.717, 1.165) is 88.1 Å². The molecule has 0 fully saturated rings. The molecule has 0 aliphatic rings. The zero-order chi connectivity index (χ0) is 42.4. The monoisotopic (exact) mass is 918 g/mol. The summed E-state index contributed by atoms with van der Waals surface area (Å²) in [4.78, 5) is 34.7. The van der Waals surface area contributed by atoms with Crippen molar-refractivity contribution in [2.75, 3.05) is 22.1 Å². The zero-order valence-electron chi connectivity index (χ0n) is 32.4. The predicted molar refractivity (Wildman–Crippen MR) is 247 cm³/mol. The van der Waals surface area contributed by atoms with Crippen molar-refractivity contribution in [3.05, 3.63) is 128 Å². The lowest BCUT2D eigenvalue weighted by Gasteiger charge is -2.01. The first-order valence-electron chi connectivity index (χ1n) is 18.9. The van der Waals surface area contributed by atoms with E-state index < -0.39 is 0 Å². The van der Waals surface area contributed by atoms with E-state index in [9.17, 15) is 14.4 Å². The summed E-state index contributed by atoms with van der Waals surface area (Å²) in [6, 6.07) is 28.6. The van der Waals surface area contributed by atoms with Crippen molar-refractivity contribution in [3.63, 3.8) is 0 Å². The van der Waals surface area contributed by atoms with Gasteiger partial charge in [0.1, 0.15) is 20.0 Å². The molecule has 3 aromatic carbocycles. The quantitative estimate of drug-likeness (QED) is 0.0472. The highest BCUT2D eigenvalue weighted by Crippen LogP contribution is 2.21. The smallest absolute Gasteiger partial charge is 0.230 e. The molecule has 2 amide bonds. The molecule has 0 radical (unpaired) electrons. The van der Waals surface area contributed by atoms with Crippen LogP contribution in [0.25, 0.3) is 0 Å². The van der Waals surface area contributed by atoms with Crippen LogP contribution in [0.3, 0.4) is 0 Å². The van der Waals surface area contributed by atoms with Crippen LogP contribution >= 0.6 is 56.9 Å². The molecule has 15 nitrogen and oxygen atoms in total. The molecule has 7 aromatic rings. The lowest BCUT2D eigenvalue weighted by Crippen LogP contribution is -2.14. The maximum atomic E-state index is 12.2. The van der Waals surface area contributed by atoms with Gasteiger partial charge in [0.05, 0.1) is 12.8 Å². The molecular weight excluding hydrogens is 872 g/mol. The summed E-state index contributed by atoms with van der Waals surface area (Å²) in [6.45, 7) is 0. The Bertz CT molecular complexity index is 2200. The third kappa shape index (κ3) is 19.1. The van der Waals surface area contributed by atoms with Gasteiger partial charge in [-0.2, -0.15) is 0 Å². The minimum absolute atomic E-state index is 0. The molecule has 0 saturated carbocycles. The van der Waals surface area contributed by atoms with Crippen molar-refractivity contribution in [1.29, 1.82) is 0 Å². The number of rotatable bonds is 18. The topological polar surface area (TPSA) is 230 Å². The SMILES string of the molecule is C.Nc1nnc(CCCCc2nnc(N)s2)s1.O=C(Cc1ccccc1)Nc1nnc(CCCCc2nnc(NC(=O)Cc3ccccc3)s2)s1.O=C(Cl)Cc1ccccc1. The number of halogens is 1. The van der Waals surface area contributed by atoms with Crippen molar-refractivity contribution in [3.8, 4) is 0 Å². The molecule has 0 spiro atoms. The molecule has 0 atom stereocenters. The van der Waals surface area contributed by atoms with Gasteiger partial charge in [-0.05, 0) is 54.0 Å². The molecule has 20 heteroatoms. The van der Waals surface area contributed by atoms with Crippen LogP contribution in [0.2, 0.25) is 0 Å². The fourth-order valence-electron chi connectivity index (χ4n) is 5.30. The summed E-state index contributed by atoms with van der Waals surface area (Å²) in [7, 11) is 0. The molecule has 0 unspecified atom stereocenters. The number of aryl methyl sites for hydroxylation is 4. The van der Waals surface area contributed by atoms with E-state index >= 15 is 0 Å². The van der Waals surface area contributed by atoms with Crippen molar-refractivity contribution in [2.24, 2.45) is 0 Å². The highest BCUT2D eigenvalue weighted by molar-refractivity contribution is 7.16. The van der Waals surface area contributed by atoms with E-state index in [-0.39, 0.29) is 24.5 Å². The highest BCUT2D eigenvalue weighted by atomic mass is 35.5. The third-order valence-electron chi connectivity index (χ3n) is 8.05. The summed E-state index contributed by atoms with van der Waals surface area (Å²) in [5.74, 6) is -0.200. The van der Waals surface area contributed by atoms with Gasteiger partial charge in [-0.3, -0.25) is 14.4 Å². The van der Waals surface area contributed by atoms with Gasteiger partial charge >= 0.3 is 0 Å². The van der Waals surface area contributed by atoms with Crippen LogP contribution in [0.15, 0.2) is 91.0 Å². The number of nitrogens with zero attached hydrogens (tertiary/aromatic N) is 8. The molecule has 7 rings (SSSR count). The number of aromatic nitrogens is 8. The Morgan fingerprint density at radius 2 is 0.770 bits per heavy atom. The molecule has 0 bridgehead atoms. The number of benzene rings is 3. The number of carbonyl (C=O) groups is 3. The molecule has 0 aliphatic carbocycles. The average molecular weight is 920 g/mol. The summed E-state index contributed by atoms with van der Waals surface area (Å²) in [5.41, 5.74) is 13.9. The third-order valence-corrected chi connectivity index (χ3v) is 11.6. The van der Waals surface area contributed by atoms with E-state index in [1.54, 1.807) is 0 Å². The maximum Gasteiger partial charge on any atom is 0.230 e. The first-order chi connectivity index (χ1) is 29.2. The normalized spacial score (nSPS) is 10.3. The molecule has 4 heterocycles. The van der Waals surface area contributed by atoms with Gasteiger partial charge in [-0.1, -0.05) is 144 Å². The molecule has 6 N–H and O–H groups in total. The number of hydrogen-bond donors (Lipinski definition) is 4. The summed E-state index contributed by atoms with van der Waals surface area (Å²) in [5, 5.41) is 43.1.